The van der Waals surface area contributed by atoms with Crippen molar-refractivity contribution in [3.8, 4) is 0 Å². The molecule has 0 bridgehead atoms. The molecule has 1 unspecified atom stereocenters. The van der Waals surface area contributed by atoms with E-state index in [2.05, 4.69) is 5.32 Å². The Labute approximate surface area is 143 Å². The molecule has 2 N–H and O–H groups in total. The number of nitro benzene ring substituents is 1. The number of alkyl halides is 3. The predicted molar refractivity (Wildman–Crippen MR) is 78.6 cm³/mol. The number of nitro groups is 1. The van der Waals surface area contributed by atoms with Gasteiger partial charge in [0.05, 0.1) is 10.5 Å². The van der Waals surface area contributed by atoms with Crippen molar-refractivity contribution in [1.82, 2.24) is 10.2 Å². The van der Waals surface area contributed by atoms with Crippen molar-refractivity contribution in [3.05, 3.63) is 39.4 Å². The smallest absolute Gasteiger partial charge is 0.406 e. The highest BCUT2D eigenvalue weighted by molar-refractivity contribution is 6.00. The van der Waals surface area contributed by atoms with Gasteiger partial charge in [0.15, 0.2) is 0 Å². The fraction of sp³-hybridized carbons (Fsp3) is 0.357. The fourth-order valence-electron chi connectivity index (χ4n) is 2.46. The van der Waals surface area contributed by atoms with Crippen LogP contribution in [0.3, 0.4) is 0 Å². The van der Waals surface area contributed by atoms with E-state index in [1.165, 1.54) is 0 Å². The second-order valence-electron chi connectivity index (χ2n) is 5.52. The van der Waals surface area contributed by atoms with Crippen LogP contribution in [0.5, 0.6) is 0 Å². The molecular formula is C14H12F3N3O6. The number of nitrogens with zero attached hydrogens (tertiary/aromatic N) is 2. The number of amides is 2. The number of carbonyl (C=O) groups excluding carboxylic acids is 2. The predicted octanol–water partition coefficient (Wildman–Crippen LogP) is 1.19. The van der Waals surface area contributed by atoms with Gasteiger partial charge in [0.1, 0.15) is 12.6 Å². The molecule has 0 aromatic heterocycles. The largest absolute Gasteiger partial charge is 0.478 e. The molecule has 1 aliphatic rings. The standard InChI is InChI=1S/C14H12F3N3O6/c15-14(16,17)6-19-2-1-10(12(19)22)18-11(21)7-3-8(13(23)24)5-9(4-7)20(25)26/h3-5,10H,1-2,6H2,(H,18,21)(H,23,24). The van der Waals surface area contributed by atoms with Gasteiger partial charge in [0, 0.05) is 24.2 Å². The molecule has 26 heavy (non-hydrogen) atoms. The number of carboxylic acid groups (broad SMARTS) is 1. The van der Waals surface area contributed by atoms with Gasteiger partial charge in [-0.05, 0) is 12.5 Å². The van der Waals surface area contributed by atoms with Crippen LogP contribution in [0.15, 0.2) is 18.2 Å². The summed E-state index contributed by atoms with van der Waals surface area (Å²) in [5.74, 6) is -3.43. The first-order valence-electron chi connectivity index (χ1n) is 7.17. The maximum absolute atomic E-state index is 12.4. The first kappa shape index (κ1) is 19.1. The van der Waals surface area contributed by atoms with E-state index in [0.29, 0.717) is 4.90 Å². The number of hydrogen-bond donors (Lipinski definition) is 2. The van der Waals surface area contributed by atoms with Crippen LogP contribution < -0.4 is 5.32 Å². The van der Waals surface area contributed by atoms with E-state index in [9.17, 15) is 37.7 Å². The SMILES string of the molecule is O=C(O)c1cc(C(=O)NC2CCN(CC(F)(F)F)C2=O)cc([N+](=O)[O-])c1. The summed E-state index contributed by atoms with van der Waals surface area (Å²) in [4.78, 5) is 45.6. The van der Waals surface area contributed by atoms with Crippen molar-refractivity contribution in [1.29, 1.82) is 0 Å². The molecule has 0 spiro atoms. The van der Waals surface area contributed by atoms with Crippen LogP contribution in [0.4, 0.5) is 18.9 Å². The van der Waals surface area contributed by atoms with Crippen LogP contribution in [-0.4, -0.2) is 58.0 Å². The quantitative estimate of drug-likeness (QED) is 0.587. The van der Waals surface area contributed by atoms with Crippen LogP contribution in [-0.2, 0) is 4.79 Å². The molecular weight excluding hydrogens is 363 g/mol. The summed E-state index contributed by atoms with van der Waals surface area (Å²) in [5.41, 5.74) is -1.55. The summed E-state index contributed by atoms with van der Waals surface area (Å²) < 4.78 is 37.1. The highest BCUT2D eigenvalue weighted by Crippen LogP contribution is 2.22. The van der Waals surface area contributed by atoms with Crippen molar-refractivity contribution in [2.75, 3.05) is 13.1 Å². The third-order valence-electron chi connectivity index (χ3n) is 3.61. The maximum Gasteiger partial charge on any atom is 0.406 e. The van der Waals surface area contributed by atoms with Crippen LogP contribution in [0.1, 0.15) is 27.1 Å². The number of aromatic carboxylic acids is 1. The average Bonchev–Trinajstić information content (AvgIpc) is 2.85. The highest BCUT2D eigenvalue weighted by atomic mass is 19.4. The van der Waals surface area contributed by atoms with E-state index in [0.717, 1.165) is 18.2 Å². The average molecular weight is 375 g/mol. The summed E-state index contributed by atoms with van der Waals surface area (Å²) in [5, 5.41) is 22.0. The monoisotopic (exact) mass is 375 g/mol. The molecule has 1 aliphatic heterocycles. The summed E-state index contributed by atoms with van der Waals surface area (Å²) in [6.07, 6.45) is -4.65. The highest BCUT2D eigenvalue weighted by Gasteiger charge is 2.40. The minimum Gasteiger partial charge on any atom is -0.478 e. The first-order chi connectivity index (χ1) is 12.0. The van der Waals surface area contributed by atoms with Gasteiger partial charge in [-0.1, -0.05) is 0 Å². The molecule has 2 rings (SSSR count). The fourth-order valence-corrected chi connectivity index (χ4v) is 2.46. The van der Waals surface area contributed by atoms with Crippen LogP contribution in [0.25, 0.3) is 0 Å². The normalized spacial score (nSPS) is 17.3. The van der Waals surface area contributed by atoms with E-state index in [4.69, 9.17) is 5.11 Å². The molecule has 1 saturated heterocycles. The zero-order chi connectivity index (χ0) is 19.6. The third kappa shape index (κ3) is 4.46. The molecule has 0 radical (unpaired) electrons. The number of nitrogens with one attached hydrogen (secondary N) is 1. The van der Waals surface area contributed by atoms with Crippen LogP contribution in [0.2, 0.25) is 0 Å². The molecule has 9 nitrogen and oxygen atoms in total. The van der Waals surface area contributed by atoms with Gasteiger partial charge >= 0.3 is 12.1 Å². The number of benzene rings is 1. The number of likely N-dealkylation sites (tertiary alicyclic amines) is 1. The molecule has 1 fully saturated rings. The van der Waals surface area contributed by atoms with E-state index in [1.807, 2.05) is 0 Å². The number of carbonyl (C=O) groups is 3. The lowest BCUT2D eigenvalue weighted by Crippen LogP contribution is -2.43. The second-order valence-corrected chi connectivity index (χ2v) is 5.52. The Kier molecular flexibility index (Phi) is 5.14. The zero-order valence-corrected chi connectivity index (χ0v) is 12.9. The lowest BCUT2D eigenvalue weighted by atomic mass is 10.1. The van der Waals surface area contributed by atoms with Gasteiger partial charge < -0.3 is 15.3 Å². The van der Waals surface area contributed by atoms with Gasteiger partial charge in [0.2, 0.25) is 5.91 Å². The van der Waals surface area contributed by atoms with Crippen molar-refractivity contribution in [2.45, 2.75) is 18.6 Å². The number of non-ortho nitro benzene ring substituents is 1. The number of rotatable bonds is 5. The Morgan fingerprint density at radius 3 is 2.46 bits per heavy atom. The van der Waals surface area contributed by atoms with Crippen molar-refractivity contribution >= 4 is 23.5 Å². The Bertz CT molecular complexity index is 747. The van der Waals surface area contributed by atoms with Crippen molar-refractivity contribution in [3.63, 3.8) is 0 Å². The summed E-state index contributed by atoms with van der Waals surface area (Å²) in [7, 11) is 0. The molecule has 1 atom stereocenters. The molecule has 1 aromatic rings. The van der Waals surface area contributed by atoms with E-state index in [1.54, 1.807) is 0 Å². The summed E-state index contributed by atoms with van der Waals surface area (Å²) >= 11 is 0. The van der Waals surface area contributed by atoms with Gasteiger partial charge in [-0.3, -0.25) is 19.7 Å². The molecule has 12 heteroatoms. The molecule has 0 saturated carbocycles. The van der Waals surface area contributed by atoms with Crippen molar-refractivity contribution in [2.24, 2.45) is 0 Å². The Balaban J connectivity index is 2.16. The molecule has 2 amide bonds. The van der Waals surface area contributed by atoms with Gasteiger partial charge in [-0.2, -0.15) is 13.2 Å². The molecule has 1 aromatic carbocycles. The minimum absolute atomic E-state index is 0.0681. The Hall–Kier alpha value is -3.18. The number of carboxylic acids is 1. The number of hydrogen-bond acceptors (Lipinski definition) is 5. The van der Waals surface area contributed by atoms with Crippen LogP contribution >= 0.6 is 0 Å². The van der Waals surface area contributed by atoms with Crippen molar-refractivity contribution < 1.29 is 37.6 Å². The minimum atomic E-state index is -4.58. The number of halogens is 3. The zero-order valence-electron chi connectivity index (χ0n) is 12.9. The Morgan fingerprint density at radius 2 is 1.92 bits per heavy atom. The van der Waals surface area contributed by atoms with Gasteiger partial charge in [-0.25, -0.2) is 4.79 Å². The van der Waals surface area contributed by atoms with Gasteiger partial charge in [-0.15, -0.1) is 0 Å². The second kappa shape index (κ2) is 6.98. The van der Waals surface area contributed by atoms with E-state index in [-0.39, 0.29) is 13.0 Å². The Morgan fingerprint density at radius 1 is 1.31 bits per heavy atom. The topological polar surface area (TPSA) is 130 Å². The van der Waals surface area contributed by atoms with E-state index >= 15 is 0 Å². The van der Waals surface area contributed by atoms with Gasteiger partial charge in [0.25, 0.3) is 11.6 Å². The molecule has 0 aliphatic carbocycles. The lowest BCUT2D eigenvalue weighted by Gasteiger charge is -2.18. The summed E-state index contributed by atoms with van der Waals surface area (Å²) in [6, 6.07) is 1.22. The maximum atomic E-state index is 12.4. The van der Waals surface area contributed by atoms with E-state index < -0.39 is 58.3 Å². The summed E-state index contributed by atoms with van der Waals surface area (Å²) in [6.45, 7) is -1.66. The molecule has 140 valence electrons. The van der Waals surface area contributed by atoms with Crippen LogP contribution in [0, 0.1) is 10.1 Å². The molecule has 1 heterocycles. The third-order valence-corrected chi connectivity index (χ3v) is 3.61. The first-order valence-corrected chi connectivity index (χ1v) is 7.17. The lowest BCUT2D eigenvalue weighted by molar-refractivity contribution is -0.384.